The van der Waals surface area contributed by atoms with E-state index in [1.54, 1.807) is 0 Å². The smallest absolute Gasteiger partial charge is 0.322 e. The second-order valence-electron chi connectivity index (χ2n) is 4.87. The highest BCUT2D eigenvalue weighted by Gasteiger charge is 2.29. The molecule has 0 aromatic heterocycles. The van der Waals surface area contributed by atoms with Gasteiger partial charge in [0.05, 0.1) is 6.61 Å². The van der Waals surface area contributed by atoms with Crippen LogP contribution in [0.15, 0.2) is 0 Å². The third-order valence-corrected chi connectivity index (χ3v) is 3.29. The number of hydrogen-bond donors (Lipinski definition) is 1. The Morgan fingerprint density at radius 3 is 2.60 bits per heavy atom. The van der Waals surface area contributed by atoms with Crippen LogP contribution in [0.2, 0.25) is 0 Å². The van der Waals surface area contributed by atoms with Gasteiger partial charge in [0.15, 0.2) is 0 Å². The first-order valence-electron chi connectivity index (χ1n) is 5.97. The van der Waals surface area contributed by atoms with Crippen molar-refractivity contribution < 1.29 is 9.53 Å². The molecule has 1 atom stereocenters. The molecular formula is C12H23NO2. The maximum atomic E-state index is 11.4. The predicted octanol–water partition coefficient (Wildman–Crippen LogP) is 2.11. The van der Waals surface area contributed by atoms with Crippen LogP contribution in [0.1, 0.15) is 46.5 Å². The fourth-order valence-electron chi connectivity index (χ4n) is 2.16. The van der Waals surface area contributed by atoms with Gasteiger partial charge in [0.1, 0.15) is 6.04 Å². The van der Waals surface area contributed by atoms with Crippen LogP contribution >= 0.6 is 0 Å². The second-order valence-corrected chi connectivity index (χ2v) is 4.87. The molecule has 1 fully saturated rings. The Balaban J connectivity index is 2.26. The van der Waals surface area contributed by atoms with Gasteiger partial charge in [-0.15, -0.1) is 0 Å². The Bertz CT molecular complexity index is 210. The van der Waals surface area contributed by atoms with E-state index in [2.05, 4.69) is 12.2 Å². The molecule has 1 unspecified atom stereocenters. The normalized spacial score (nSPS) is 21.3. The molecule has 0 saturated heterocycles. The molecule has 1 rings (SSSR count). The molecule has 3 heteroatoms. The van der Waals surface area contributed by atoms with E-state index in [0.29, 0.717) is 12.0 Å². The van der Waals surface area contributed by atoms with Gasteiger partial charge in [0, 0.05) is 6.54 Å². The average Bonchev–Trinajstić information content (AvgIpc) is 2.63. The summed E-state index contributed by atoms with van der Waals surface area (Å²) < 4.78 is 4.95. The van der Waals surface area contributed by atoms with Crippen molar-refractivity contribution in [3.63, 3.8) is 0 Å². The summed E-state index contributed by atoms with van der Waals surface area (Å²) in [6, 6.07) is -0.178. The zero-order valence-corrected chi connectivity index (χ0v) is 10.1. The van der Waals surface area contributed by atoms with Gasteiger partial charge in [-0.1, -0.05) is 19.8 Å². The van der Waals surface area contributed by atoms with Crippen LogP contribution < -0.4 is 5.32 Å². The van der Waals surface area contributed by atoms with Crippen molar-refractivity contribution in [3.8, 4) is 0 Å². The number of ether oxygens (including phenoxy) is 1. The Morgan fingerprint density at radius 2 is 2.07 bits per heavy atom. The summed E-state index contributed by atoms with van der Waals surface area (Å²) in [4.78, 5) is 11.4. The first kappa shape index (κ1) is 12.5. The molecule has 0 aromatic rings. The highest BCUT2D eigenvalue weighted by atomic mass is 16.5. The maximum Gasteiger partial charge on any atom is 0.322 e. The third kappa shape index (κ3) is 3.82. The lowest BCUT2D eigenvalue weighted by molar-refractivity contribution is -0.145. The maximum absolute atomic E-state index is 11.4. The van der Waals surface area contributed by atoms with E-state index in [1.165, 1.54) is 25.7 Å². The van der Waals surface area contributed by atoms with Crippen molar-refractivity contribution in [3.05, 3.63) is 0 Å². The quantitative estimate of drug-likeness (QED) is 0.711. The molecule has 0 radical (unpaired) electrons. The molecule has 1 aliphatic carbocycles. The number of carbonyl (C=O) groups is 1. The van der Waals surface area contributed by atoms with Gasteiger partial charge in [-0.05, 0) is 32.1 Å². The Hall–Kier alpha value is -0.570. The van der Waals surface area contributed by atoms with E-state index >= 15 is 0 Å². The second kappa shape index (κ2) is 5.50. The molecular weight excluding hydrogens is 190 g/mol. The third-order valence-electron chi connectivity index (χ3n) is 3.29. The van der Waals surface area contributed by atoms with Crippen LogP contribution in [-0.4, -0.2) is 25.2 Å². The van der Waals surface area contributed by atoms with Gasteiger partial charge >= 0.3 is 5.97 Å². The van der Waals surface area contributed by atoms with Gasteiger partial charge in [-0.25, -0.2) is 0 Å². The van der Waals surface area contributed by atoms with E-state index in [0.717, 1.165) is 6.54 Å². The van der Waals surface area contributed by atoms with Crippen LogP contribution in [0.25, 0.3) is 0 Å². The molecule has 1 aliphatic rings. The van der Waals surface area contributed by atoms with Crippen molar-refractivity contribution in [2.45, 2.75) is 52.5 Å². The molecule has 88 valence electrons. The number of carbonyl (C=O) groups excluding carboxylic acids is 1. The van der Waals surface area contributed by atoms with Gasteiger partial charge in [-0.3, -0.25) is 4.79 Å². The average molecular weight is 213 g/mol. The number of esters is 1. The summed E-state index contributed by atoms with van der Waals surface area (Å²) in [5.41, 5.74) is 0.390. The fourth-order valence-corrected chi connectivity index (χ4v) is 2.16. The van der Waals surface area contributed by atoms with Crippen LogP contribution in [0.3, 0.4) is 0 Å². The van der Waals surface area contributed by atoms with Crippen molar-refractivity contribution in [1.29, 1.82) is 0 Å². The molecule has 0 amide bonds. The predicted molar refractivity (Wildman–Crippen MR) is 60.7 cm³/mol. The minimum absolute atomic E-state index is 0.140. The number of hydrogen-bond acceptors (Lipinski definition) is 3. The van der Waals surface area contributed by atoms with Gasteiger partial charge < -0.3 is 10.1 Å². The zero-order chi connectivity index (χ0) is 11.3. The van der Waals surface area contributed by atoms with Crippen LogP contribution in [0.5, 0.6) is 0 Å². The SMILES string of the molecule is CCOC(=O)C(C)NCC1(C)CCCC1. The molecule has 15 heavy (non-hydrogen) atoms. The van der Waals surface area contributed by atoms with Crippen molar-refractivity contribution in [2.75, 3.05) is 13.2 Å². The van der Waals surface area contributed by atoms with Crippen molar-refractivity contribution in [1.82, 2.24) is 5.32 Å². The highest BCUT2D eigenvalue weighted by molar-refractivity contribution is 5.75. The molecule has 0 aromatic carbocycles. The van der Waals surface area contributed by atoms with Crippen LogP contribution in [-0.2, 0) is 9.53 Å². The van der Waals surface area contributed by atoms with Crippen molar-refractivity contribution >= 4 is 5.97 Å². The summed E-state index contributed by atoms with van der Waals surface area (Å²) in [5.74, 6) is -0.140. The molecule has 0 heterocycles. The lowest BCUT2D eigenvalue weighted by atomic mass is 9.89. The minimum atomic E-state index is -0.178. The molecule has 1 saturated carbocycles. The fraction of sp³-hybridized carbons (Fsp3) is 0.917. The summed E-state index contributed by atoms with van der Waals surface area (Å²) in [6.07, 6.45) is 5.20. The molecule has 0 bridgehead atoms. The van der Waals surface area contributed by atoms with E-state index < -0.39 is 0 Å². The Kier molecular flexibility index (Phi) is 4.58. The first-order chi connectivity index (χ1) is 7.07. The molecule has 0 spiro atoms. The topological polar surface area (TPSA) is 38.3 Å². The number of rotatable bonds is 5. The zero-order valence-electron chi connectivity index (χ0n) is 10.1. The monoisotopic (exact) mass is 213 g/mol. The summed E-state index contributed by atoms with van der Waals surface area (Å²) in [7, 11) is 0. The van der Waals surface area contributed by atoms with Gasteiger partial charge in [0.2, 0.25) is 0 Å². The van der Waals surface area contributed by atoms with Crippen LogP contribution in [0.4, 0.5) is 0 Å². The largest absolute Gasteiger partial charge is 0.465 e. The van der Waals surface area contributed by atoms with E-state index in [1.807, 2.05) is 13.8 Å². The standard InChI is InChI=1S/C12H23NO2/c1-4-15-11(14)10(2)13-9-12(3)7-5-6-8-12/h10,13H,4-9H2,1-3H3. The minimum Gasteiger partial charge on any atom is -0.465 e. The first-order valence-corrected chi connectivity index (χ1v) is 5.97. The summed E-state index contributed by atoms with van der Waals surface area (Å²) >= 11 is 0. The molecule has 1 N–H and O–H groups in total. The lowest BCUT2D eigenvalue weighted by Gasteiger charge is -2.25. The highest BCUT2D eigenvalue weighted by Crippen LogP contribution is 2.36. The summed E-state index contributed by atoms with van der Waals surface area (Å²) in [6.45, 7) is 7.39. The number of nitrogens with one attached hydrogen (secondary N) is 1. The van der Waals surface area contributed by atoms with E-state index in [9.17, 15) is 4.79 Å². The molecule has 3 nitrogen and oxygen atoms in total. The van der Waals surface area contributed by atoms with E-state index in [-0.39, 0.29) is 12.0 Å². The van der Waals surface area contributed by atoms with Crippen LogP contribution in [0, 0.1) is 5.41 Å². The van der Waals surface area contributed by atoms with E-state index in [4.69, 9.17) is 4.74 Å². The molecule has 0 aliphatic heterocycles. The van der Waals surface area contributed by atoms with Gasteiger partial charge in [-0.2, -0.15) is 0 Å². The summed E-state index contributed by atoms with van der Waals surface area (Å²) in [5, 5.41) is 3.28. The lowest BCUT2D eigenvalue weighted by Crippen LogP contribution is -2.40. The Labute approximate surface area is 92.6 Å². The Morgan fingerprint density at radius 1 is 1.47 bits per heavy atom. The van der Waals surface area contributed by atoms with Crippen molar-refractivity contribution in [2.24, 2.45) is 5.41 Å². The van der Waals surface area contributed by atoms with Gasteiger partial charge in [0.25, 0.3) is 0 Å².